The number of ether oxygens (including phenoxy) is 2. The average Bonchev–Trinajstić information content (AvgIpc) is 3.01. The van der Waals surface area contributed by atoms with Gasteiger partial charge in [0, 0.05) is 12.3 Å². The number of halogens is 2. The quantitative estimate of drug-likeness (QED) is 0.217. The van der Waals surface area contributed by atoms with Crippen molar-refractivity contribution in [3.8, 4) is 5.75 Å². The van der Waals surface area contributed by atoms with Gasteiger partial charge in [-0.1, -0.05) is 41.4 Å². The second-order valence-corrected chi connectivity index (χ2v) is 12.8. The summed E-state index contributed by atoms with van der Waals surface area (Å²) < 4.78 is 21.7. The van der Waals surface area contributed by atoms with Crippen LogP contribution in [-0.4, -0.2) is 55.9 Å². The van der Waals surface area contributed by atoms with Crippen molar-refractivity contribution in [3.05, 3.63) is 63.4 Å². The molecule has 5 atom stereocenters. The van der Waals surface area contributed by atoms with Gasteiger partial charge in [-0.3, -0.25) is 19.1 Å². The number of aliphatic hydroxyl groups is 1. The number of esters is 1. The Balaban J connectivity index is 1.80. The van der Waals surface area contributed by atoms with Gasteiger partial charge in [0.1, 0.15) is 24.0 Å². The average molecular weight is 582 g/mol. The first kappa shape index (κ1) is 28.8. The largest absolute Gasteiger partial charge is 0.462 e. The summed E-state index contributed by atoms with van der Waals surface area (Å²) >= 11 is 18.3. The number of hydrogen-bond acceptors (Lipinski definition) is 9. The van der Waals surface area contributed by atoms with Crippen LogP contribution >= 0.6 is 29.8 Å². The Labute approximate surface area is 221 Å². The summed E-state index contributed by atoms with van der Waals surface area (Å²) in [4.78, 5) is 38.0. The van der Waals surface area contributed by atoms with E-state index in [0.29, 0.717) is 5.75 Å². The molecule has 198 valence electrons. The lowest BCUT2D eigenvalue weighted by Gasteiger charge is -2.28. The molecule has 0 aliphatic carbocycles. The molecule has 1 aliphatic heterocycles. The number of nitrogens with zero attached hydrogens (tertiary/aromatic N) is 1. The van der Waals surface area contributed by atoms with Crippen molar-refractivity contribution in [3.63, 3.8) is 0 Å². The molecule has 36 heavy (non-hydrogen) atoms. The maximum Gasteiger partial charge on any atom is 0.330 e. The Morgan fingerprint density at radius 1 is 1.28 bits per heavy atom. The van der Waals surface area contributed by atoms with Crippen LogP contribution < -0.4 is 20.9 Å². The van der Waals surface area contributed by atoms with Gasteiger partial charge in [-0.25, -0.2) is 9.88 Å². The number of H-pyrrole nitrogens is 1. The van der Waals surface area contributed by atoms with Gasteiger partial charge in [-0.05, 0) is 44.7 Å². The normalized spacial score (nSPS) is 23.7. The lowest BCUT2D eigenvalue weighted by molar-refractivity contribution is -0.149. The van der Waals surface area contributed by atoms with Crippen molar-refractivity contribution in [1.29, 1.82) is 0 Å². The Hall–Kier alpha value is -1.76. The van der Waals surface area contributed by atoms with Crippen molar-refractivity contribution >= 4 is 47.6 Å². The number of alkyl halides is 2. The second-order valence-electron chi connectivity index (χ2n) is 8.20. The molecule has 0 spiro atoms. The molecule has 1 aromatic heterocycles. The first-order valence-electron chi connectivity index (χ1n) is 10.8. The summed E-state index contributed by atoms with van der Waals surface area (Å²) in [7, 11) is 0. The van der Waals surface area contributed by atoms with Crippen LogP contribution in [-0.2, 0) is 30.6 Å². The predicted molar refractivity (Wildman–Crippen MR) is 137 cm³/mol. The van der Waals surface area contributed by atoms with Crippen LogP contribution in [0.4, 0.5) is 0 Å². The Bertz CT molecular complexity index is 1230. The lowest BCUT2D eigenvalue weighted by atomic mass is 10.2. The number of carbonyl (C=O) groups is 1. The Morgan fingerprint density at radius 2 is 1.94 bits per heavy atom. The third kappa shape index (κ3) is 6.96. The summed E-state index contributed by atoms with van der Waals surface area (Å²) in [5.41, 5.74) is -1.46. The number of nitrogens with one attached hydrogen (secondary N) is 2. The fraction of sp³-hybridized carbons (Fsp3) is 0.476. The molecule has 2 aromatic rings. The number of carbonyl (C=O) groups excluding carboxylic acids is 1. The molecular weight excluding hydrogens is 556 g/mol. The van der Waals surface area contributed by atoms with Crippen LogP contribution in [0.3, 0.4) is 0 Å². The maximum atomic E-state index is 12.4. The van der Waals surface area contributed by atoms with Gasteiger partial charge in [-0.15, -0.1) is 0 Å². The summed E-state index contributed by atoms with van der Waals surface area (Å²) in [5, 5.41) is 13.6. The molecule has 15 heteroatoms. The molecule has 0 radical (unpaired) electrons. The molecule has 0 amide bonds. The summed E-state index contributed by atoms with van der Waals surface area (Å²) in [6.07, 6.45) is -3.22. The molecule has 3 N–H and O–H groups in total. The van der Waals surface area contributed by atoms with Crippen molar-refractivity contribution in [2.24, 2.45) is 0 Å². The molecule has 11 nitrogen and oxygen atoms in total. The molecule has 3 rings (SSSR count). The zero-order valence-electron chi connectivity index (χ0n) is 19.5. The number of aromatic nitrogens is 2. The van der Waals surface area contributed by atoms with Crippen LogP contribution in [0.5, 0.6) is 5.75 Å². The highest BCUT2D eigenvalue weighted by atomic mass is 35.5. The highest BCUT2D eigenvalue weighted by molar-refractivity contribution is 8.09. The molecule has 1 fully saturated rings. The zero-order chi connectivity index (χ0) is 26.7. The molecule has 2 heterocycles. The number of aliphatic hydroxyl groups excluding tert-OH is 1. The summed E-state index contributed by atoms with van der Waals surface area (Å²) in [6.45, 7) is 1.18. The van der Waals surface area contributed by atoms with Gasteiger partial charge >= 0.3 is 18.3 Å². The topological polar surface area (TPSA) is 141 Å². The minimum Gasteiger partial charge on any atom is -0.462 e. The van der Waals surface area contributed by atoms with Gasteiger partial charge in [0.05, 0.1) is 12.7 Å². The van der Waals surface area contributed by atoms with E-state index < -0.39 is 52.7 Å². The van der Waals surface area contributed by atoms with Crippen LogP contribution in [0.1, 0.15) is 27.0 Å². The van der Waals surface area contributed by atoms with Crippen molar-refractivity contribution in [2.75, 3.05) is 6.61 Å². The van der Waals surface area contributed by atoms with E-state index in [0.717, 1.165) is 16.8 Å². The SMILES string of the molecule is CC(C)OC(=O)C(C)NP(=S)(OC[C@H]1O[C@@H](n2ccc(=O)[nH]c2=O)C(Cl)(Cl)[C@@H]1O)Oc1ccccc1. The minimum absolute atomic E-state index is 0.341. The fourth-order valence-electron chi connectivity index (χ4n) is 3.22. The molecule has 0 bridgehead atoms. The van der Waals surface area contributed by atoms with Crippen LogP contribution in [0.15, 0.2) is 52.2 Å². The zero-order valence-corrected chi connectivity index (χ0v) is 22.7. The third-order valence-corrected chi connectivity index (χ3v) is 8.24. The monoisotopic (exact) mass is 581 g/mol. The number of benzene rings is 1. The number of para-hydroxylation sites is 1. The molecular formula is C21H26Cl2N3O8PS. The van der Waals surface area contributed by atoms with Crippen molar-refractivity contribution < 1.29 is 28.4 Å². The van der Waals surface area contributed by atoms with Crippen molar-refractivity contribution in [1.82, 2.24) is 14.6 Å². The first-order valence-corrected chi connectivity index (χ1v) is 14.2. The smallest absolute Gasteiger partial charge is 0.330 e. The maximum absolute atomic E-state index is 12.4. The van der Waals surface area contributed by atoms with E-state index in [1.807, 2.05) is 0 Å². The van der Waals surface area contributed by atoms with E-state index in [4.69, 9.17) is 53.5 Å². The van der Waals surface area contributed by atoms with Gasteiger partial charge in [0.25, 0.3) is 5.56 Å². The third-order valence-electron chi connectivity index (χ3n) is 4.92. The van der Waals surface area contributed by atoms with E-state index >= 15 is 0 Å². The van der Waals surface area contributed by atoms with Gasteiger partial charge in [0.15, 0.2) is 10.6 Å². The first-order chi connectivity index (χ1) is 16.8. The van der Waals surface area contributed by atoms with E-state index in [2.05, 4.69) is 10.1 Å². The lowest BCUT2D eigenvalue weighted by Crippen LogP contribution is -2.41. The van der Waals surface area contributed by atoms with Crippen LogP contribution in [0.2, 0.25) is 0 Å². The Kier molecular flexibility index (Phi) is 9.40. The second kappa shape index (κ2) is 11.7. The number of hydrogen-bond donors (Lipinski definition) is 3. The minimum atomic E-state index is -3.43. The fourth-order valence-corrected chi connectivity index (χ4v) is 6.24. The Morgan fingerprint density at radius 3 is 2.56 bits per heavy atom. The number of aromatic amines is 1. The van der Waals surface area contributed by atoms with Crippen LogP contribution in [0, 0.1) is 0 Å². The van der Waals surface area contributed by atoms with Gasteiger partial charge in [-0.2, -0.15) is 0 Å². The number of rotatable bonds is 10. The molecule has 2 unspecified atom stereocenters. The van der Waals surface area contributed by atoms with E-state index in [1.165, 1.54) is 0 Å². The molecule has 1 saturated heterocycles. The molecule has 0 saturated carbocycles. The highest BCUT2D eigenvalue weighted by Gasteiger charge is 2.56. The van der Waals surface area contributed by atoms with Crippen molar-refractivity contribution in [2.45, 2.75) is 55.7 Å². The van der Waals surface area contributed by atoms with Gasteiger partial charge in [0.2, 0.25) is 0 Å². The van der Waals surface area contributed by atoms with Crippen LogP contribution in [0.25, 0.3) is 0 Å². The molecule has 1 aromatic carbocycles. The van der Waals surface area contributed by atoms with Gasteiger partial charge < -0.3 is 23.6 Å². The standard InChI is InChI=1S/C21H26Cl2N3O8PS/c1-12(2)32-18(29)13(3)25-35(36,34-14-7-5-4-6-8-14)31-11-15-17(28)21(22,23)19(33-15)26-10-9-16(27)24-20(26)30/h4-10,12-13,15,17,19,28H,11H2,1-3H3,(H,25,36)(H,24,27,30)/t13?,15-,17-,19-,35?/m1/s1. The van der Waals surface area contributed by atoms with E-state index in [1.54, 1.807) is 51.1 Å². The highest BCUT2D eigenvalue weighted by Crippen LogP contribution is 2.49. The van der Waals surface area contributed by atoms with E-state index in [9.17, 15) is 19.5 Å². The van der Waals surface area contributed by atoms with E-state index in [-0.39, 0.29) is 12.7 Å². The predicted octanol–water partition coefficient (Wildman–Crippen LogP) is 2.22. The summed E-state index contributed by atoms with van der Waals surface area (Å²) in [6, 6.07) is 8.77. The molecule has 1 aliphatic rings. The summed E-state index contributed by atoms with van der Waals surface area (Å²) in [5.74, 6) is -0.179.